The van der Waals surface area contributed by atoms with Crippen LogP contribution in [0.1, 0.15) is 36.1 Å². The first-order valence-corrected chi connectivity index (χ1v) is 7.41. The highest BCUT2D eigenvalue weighted by Gasteiger charge is 2.09. The fraction of sp³-hybridized carbons (Fsp3) is 0.278. The van der Waals surface area contributed by atoms with Gasteiger partial charge in [-0.25, -0.2) is 4.39 Å². The third-order valence-electron chi connectivity index (χ3n) is 3.40. The lowest BCUT2D eigenvalue weighted by molar-refractivity contribution is 0.627. The van der Waals surface area contributed by atoms with Crippen molar-refractivity contribution in [1.82, 2.24) is 0 Å². The number of nitrogens with two attached hydrogens (primary N) is 1. The fourth-order valence-electron chi connectivity index (χ4n) is 2.17. The van der Waals surface area contributed by atoms with Gasteiger partial charge in [0.25, 0.3) is 0 Å². The van der Waals surface area contributed by atoms with Crippen LogP contribution in [-0.2, 0) is 6.54 Å². The van der Waals surface area contributed by atoms with Crippen molar-refractivity contribution >= 4 is 17.6 Å². The van der Waals surface area contributed by atoms with Gasteiger partial charge in [-0.3, -0.25) is 0 Å². The molecule has 0 saturated heterocycles. The van der Waals surface area contributed by atoms with Crippen LogP contribution in [0.15, 0.2) is 30.3 Å². The summed E-state index contributed by atoms with van der Waals surface area (Å²) in [5, 5.41) is 10.8. The average molecular weight is 301 g/mol. The molecule has 118 valence electrons. The smallest absolute Gasteiger partial charge is 0.123 e. The van der Waals surface area contributed by atoms with Crippen molar-refractivity contribution in [1.29, 1.82) is 5.41 Å². The van der Waals surface area contributed by atoms with Gasteiger partial charge in [-0.2, -0.15) is 0 Å². The number of rotatable bonds is 4. The molecule has 0 bridgehead atoms. The molecule has 22 heavy (non-hydrogen) atoms. The van der Waals surface area contributed by atoms with Gasteiger partial charge >= 0.3 is 0 Å². The van der Waals surface area contributed by atoms with Crippen LogP contribution in [0, 0.1) is 25.1 Å². The van der Waals surface area contributed by atoms with Crippen LogP contribution < -0.4 is 11.1 Å². The van der Waals surface area contributed by atoms with Gasteiger partial charge in [0.2, 0.25) is 0 Å². The van der Waals surface area contributed by atoms with Gasteiger partial charge in [0, 0.05) is 29.7 Å². The van der Waals surface area contributed by atoms with E-state index in [2.05, 4.69) is 5.32 Å². The number of nitrogen functional groups attached to an aromatic ring is 1. The number of benzene rings is 2. The van der Waals surface area contributed by atoms with Gasteiger partial charge in [-0.1, -0.05) is 26.0 Å². The van der Waals surface area contributed by atoms with E-state index in [0.29, 0.717) is 6.54 Å². The Bertz CT molecular complexity index is 634. The van der Waals surface area contributed by atoms with Crippen LogP contribution in [0.5, 0.6) is 0 Å². The van der Waals surface area contributed by atoms with Crippen molar-refractivity contribution < 1.29 is 4.39 Å². The lowest BCUT2D eigenvalue weighted by Gasteiger charge is -2.16. The molecule has 2 aromatic carbocycles. The Morgan fingerprint density at radius 2 is 1.77 bits per heavy atom. The molecule has 0 amide bonds. The van der Waals surface area contributed by atoms with Crippen molar-refractivity contribution in [3.05, 3.63) is 58.4 Å². The van der Waals surface area contributed by atoms with E-state index in [1.165, 1.54) is 18.3 Å². The summed E-state index contributed by atoms with van der Waals surface area (Å²) in [5.74, 6) is -0.246. The predicted octanol–water partition coefficient (Wildman–Crippen LogP) is 4.66. The van der Waals surface area contributed by atoms with E-state index < -0.39 is 0 Å². The lowest BCUT2D eigenvalue weighted by atomic mass is 10.0. The summed E-state index contributed by atoms with van der Waals surface area (Å²) < 4.78 is 12.9. The molecule has 0 aromatic heterocycles. The average Bonchev–Trinajstić information content (AvgIpc) is 2.55. The molecule has 0 aliphatic heterocycles. The summed E-state index contributed by atoms with van der Waals surface area (Å²) in [5.41, 5.74) is 11.3. The van der Waals surface area contributed by atoms with Gasteiger partial charge in [-0.05, 0) is 48.7 Å². The van der Waals surface area contributed by atoms with Gasteiger partial charge in [0.15, 0.2) is 0 Å². The molecule has 0 saturated carbocycles. The standard InChI is InChI=1S/C16H18FN3.C2H6/c1-10-7-13(8-18)16(11(2)15(10)19)20-9-12-3-5-14(17)6-4-12;1-2/h3-8,18,20H,9,19H2,1-2H3;1-2H3. The Morgan fingerprint density at radius 1 is 1.18 bits per heavy atom. The summed E-state index contributed by atoms with van der Waals surface area (Å²) in [7, 11) is 0. The largest absolute Gasteiger partial charge is 0.398 e. The maximum Gasteiger partial charge on any atom is 0.123 e. The highest BCUT2D eigenvalue weighted by molar-refractivity contribution is 5.90. The molecule has 0 radical (unpaired) electrons. The normalized spacial score (nSPS) is 9.68. The molecular weight excluding hydrogens is 277 g/mol. The van der Waals surface area contributed by atoms with Crippen molar-refractivity contribution in [2.75, 3.05) is 11.1 Å². The quantitative estimate of drug-likeness (QED) is 0.568. The maximum absolute atomic E-state index is 12.9. The second kappa shape index (κ2) is 8.17. The minimum absolute atomic E-state index is 0.246. The van der Waals surface area contributed by atoms with Crippen molar-refractivity contribution in [2.45, 2.75) is 34.2 Å². The Morgan fingerprint density at radius 3 is 2.32 bits per heavy atom. The second-order valence-electron chi connectivity index (χ2n) is 4.82. The molecule has 2 aromatic rings. The van der Waals surface area contributed by atoms with Crippen molar-refractivity contribution in [2.24, 2.45) is 0 Å². The summed E-state index contributed by atoms with van der Waals surface area (Å²) in [4.78, 5) is 0. The zero-order chi connectivity index (χ0) is 16.7. The van der Waals surface area contributed by atoms with Crippen LogP contribution in [0.2, 0.25) is 0 Å². The third kappa shape index (κ3) is 4.07. The molecule has 0 atom stereocenters. The molecule has 0 spiro atoms. The van der Waals surface area contributed by atoms with Crippen LogP contribution in [-0.4, -0.2) is 6.21 Å². The SMILES string of the molecule is CC.Cc1cc(C=N)c(NCc2ccc(F)cc2)c(C)c1N. The van der Waals surface area contributed by atoms with Crippen LogP contribution >= 0.6 is 0 Å². The summed E-state index contributed by atoms with van der Waals surface area (Å²) in [6, 6.07) is 8.23. The van der Waals surface area contributed by atoms with E-state index in [9.17, 15) is 4.39 Å². The van der Waals surface area contributed by atoms with Crippen molar-refractivity contribution in [3.63, 3.8) is 0 Å². The monoisotopic (exact) mass is 301 g/mol. The van der Waals surface area contributed by atoms with E-state index in [1.807, 2.05) is 33.8 Å². The first kappa shape index (κ1) is 17.7. The zero-order valence-corrected chi connectivity index (χ0v) is 13.6. The van der Waals surface area contributed by atoms with E-state index in [0.717, 1.165) is 33.6 Å². The number of hydrogen-bond donors (Lipinski definition) is 3. The topological polar surface area (TPSA) is 61.9 Å². The van der Waals surface area contributed by atoms with Gasteiger partial charge in [0.1, 0.15) is 5.82 Å². The number of hydrogen-bond acceptors (Lipinski definition) is 3. The molecule has 4 N–H and O–H groups in total. The molecule has 0 unspecified atom stereocenters. The fourth-order valence-corrected chi connectivity index (χ4v) is 2.17. The third-order valence-corrected chi connectivity index (χ3v) is 3.40. The number of anilines is 2. The lowest BCUT2D eigenvalue weighted by Crippen LogP contribution is -2.07. The van der Waals surface area contributed by atoms with Crippen LogP contribution in [0.4, 0.5) is 15.8 Å². The van der Waals surface area contributed by atoms with Gasteiger partial charge in [0.05, 0.1) is 0 Å². The second-order valence-corrected chi connectivity index (χ2v) is 4.82. The Labute approximate surface area is 131 Å². The number of halogens is 1. The molecule has 0 aliphatic carbocycles. The minimum Gasteiger partial charge on any atom is -0.398 e. The first-order chi connectivity index (χ1) is 10.5. The Hall–Kier alpha value is -2.36. The highest BCUT2D eigenvalue weighted by atomic mass is 19.1. The molecule has 4 heteroatoms. The highest BCUT2D eigenvalue weighted by Crippen LogP contribution is 2.28. The first-order valence-electron chi connectivity index (χ1n) is 7.41. The molecular formula is C18H24FN3. The molecule has 0 heterocycles. The van der Waals surface area contributed by atoms with Crippen LogP contribution in [0.25, 0.3) is 0 Å². The Balaban J connectivity index is 0.00000116. The molecule has 0 fully saturated rings. The van der Waals surface area contributed by atoms with Gasteiger partial charge < -0.3 is 16.5 Å². The minimum atomic E-state index is -0.246. The summed E-state index contributed by atoms with van der Waals surface area (Å²) in [6.45, 7) is 8.42. The molecule has 3 nitrogen and oxygen atoms in total. The van der Waals surface area contributed by atoms with Crippen LogP contribution in [0.3, 0.4) is 0 Å². The van der Waals surface area contributed by atoms with E-state index >= 15 is 0 Å². The Kier molecular flexibility index (Phi) is 6.57. The summed E-state index contributed by atoms with van der Waals surface area (Å²) >= 11 is 0. The van der Waals surface area contributed by atoms with Crippen molar-refractivity contribution in [3.8, 4) is 0 Å². The maximum atomic E-state index is 12.9. The predicted molar refractivity (Wildman–Crippen MR) is 93.3 cm³/mol. The molecule has 2 rings (SSSR count). The number of nitrogens with one attached hydrogen (secondary N) is 2. The number of aryl methyl sites for hydroxylation is 1. The van der Waals surface area contributed by atoms with Gasteiger partial charge in [-0.15, -0.1) is 0 Å². The summed E-state index contributed by atoms with van der Waals surface area (Å²) in [6.07, 6.45) is 1.31. The van der Waals surface area contributed by atoms with E-state index in [1.54, 1.807) is 12.1 Å². The molecule has 0 aliphatic rings. The zero-order valence-electron chi connectivity index (χ0n) is 13.6. The van der Waals surface area contributed by atoms with E-state index in [4.69, 9.17) is 11.1 Å². The van der Waals surface area contributed by atoms with E-state index in [-0.39, 0.29) is 5.82 Å².